The number of para-hydroxylation sites is 1. The van der Waals surface area contributed by atoms with Gasteiger partial charge in [0.05, 0.1) is 17.6 Å². The molecule has 0 radical (unpaired) electrons. The molecule has 0 bridgehead atoms. The van der Waals surface area contributed by atoms with Crippen LogP contribution in [-0.4, -0.2) is 15.6 Å². The third kappa shape index (κ3) is 2.15. The highest BCUT2D eigenvalue weighted by atomic mass is 16.1. The molecule has 3 nitrogen and oxygen atoms in total. The summed E-state index contributed by atoms with van der Waals surface area (Å²) in [6.07, 6.45) is 0.339. The van der Waals surface area contributed by atoms with Gasteiger partial charge in [-0.3, -0.25) is 9.48 Å². The molecule has 0 atom stereocenters. The summed E-state index contributed by atoms with van der Waals surface area (Å²) in [5.41, 5.74) is 2.63. The maximum atomic E-state index is 12.2. The van der Waals surface area contributed by atoms with Crippen molar-refractivity contribution in [3.8, 4) is 0 Å². The molecule has 0 N–H and O–H groups in total. The Bertz CT molecular complexity index is 729. The Morgan fingerprint density at radius 1 is 1.05 bits per heavy atom. The van der Waals surface area contributed by atoms with Crippen LogP contribution in [0.15, 0.2) is 54.6 Å². The van der Waals surface area contributed by atoms with Crippen LogP contribution in [0.4, 0.5) is 0 Å². The first-order chi connectivity index (χ1) is 9.25. The summed E-state index contributed by atoms with van der Waals surface area (Å²) in [5.74, 6) is 0.101. The summed E-state index contributed by atoms with van der Waals surface area (Å²) in [5, 5.41) is 5.50. The summed E-state index contributed by atoms with van der Waals surface area (Å²) in [6.45, 7) is 0. The highest BCUT2D eigenvalue weighted by molar-refractivity contribution is 5.99. The van der Waals surface area contributed by atoms with E-state index in [0.717, 1.165) is 22.2 Å². The van der Waals surface area contributed by atoms with E-state index in [0.29, 0.717) is 6.42 Å². The van der Waals surface area contributed by atoms with E-state index in [-0.39, 0.29) is 5.78 Å². The summed E-state index contributed by atoms with van der Waals surface area (Å²) in [7, 11) is 1.90. The van der Waals surface area contributed by atoms with Crippen molar-refractivity contribution in [1.82, 2.24) is 9.78 Å². The molecule has 0 aliphatic carbocycles. The number of benzene rings is 2. The molecule has 0 saturated carbocycles. The molecule has 3 aromatic rings. The third-order valence-electron chi connectivity index (χ3n) is 3.26. The maximum absolute atomic E-state index is 12.2. The zero-order chi connectivity index (χ0) is 13.2. The molecule has 0 fully saturated rings. The number of hydrogen-bond acceptors (Lipinski definition) is 2. The number of ketones is 1. The molecule has 0 amide bonds. The van der Waals surface area contributed by atoms with E-state index in [2.05, 4.69) is 5.10 Å². The normalized spacial score (nSPS) is 10.8. The first-order valence-corrected chi connectivity index (χ1v) is 6.24. The fraction of sp³-hybridized carbons (Fsp3) is 0.125. The van der Waals surface area contributed by atoms with Crippen molar-refractivity contribution in [2.45, 2.75) is 6.42 Å². The number of carbonyl (C=O) groups is 1. The van der Waals surface area contributed by atoms with Gasteiger partial charge in [-0.2, -0.15) is 5.10 Å². The largest absolute Gasteiger partial charge is 0.294 e. The van der Waals surface area contributed by atoms with Gasteiger partial charge in [-0.05, 0) is 6.07 Å². The molecule has 1 heterocycles. The molecule has 0 spiro atoms. The minimum atomic E-state index is 0.101. The predicted octanol–water partition coefficient (Wildman–Crippen LogP) is 3.00. The molecular formula is C16H14N2O. The number of aromatic nitrogens is 2. The summed E-state index contributed by atoms with van der Waals surface area (Å²) >= 11 is 0. The van der Waals surface area contributed by atoms with Gasteiger partial charge >= 0.3 is 0 Å². The van der Waals surface area contributed by atoms with Gasteiger partial charge in [0.25, 0.3) is 0 Å². The number of hydrogen-bond donors (Lipinski definition) is 0. The van der Waals surface area contributed by atoms with E-state index >= 15 is 0 Å². The summed E-state index contributed by atoms with van der Waals surface area (Å²) in [4.78, 5) is 12.2. The Labute approximate surface area is 111 Å². The van der Waals surface area contributed by atoms with Crippen molar-refractivity contribution < 1.29 is 4.79 Å². The Hall–Kier alpha value is -2.42. The zero-order valence-electron chi connectivity index (χ0n) is 10.7. The smallest absolute Gasteiger partial charge is 0.168 e. The van der Waals surface area contributed by atoms with Crippen LogP contribution < -0.4 is 0 Å². The van der Waals surface area contributed by atoms with E-state index in [1.807, 2.05) is 66.3 Å². The molecular weight excluding hydrogens is 236 g/mol. The highest BCUT2D eigenvalue weighted by Gasteiger charge is 2.13. The van der Waals surface area contributed by atoms with Crippen LogP contribution in [0.25, 0.3) is 10.9 Å². The minimum absolute atomic E-state index is 0.101. The topological polar surface area (TPSA) is 34.9 Å². The molecule has 0 unspecified atom stereocenters. The van der Waals surface area contributed by atoms with Gasteiger partial charge in [-0.15, -0.1) is 0 Å². The van der Waals surface area contributed by atoms with Crippen LogP contribution in [0, 0.1) is 0 Å². The average Bonchev–Trinajstić information content (AvgIpc) is 2.77. The Kier molecular flexibility index (Phi) is 2.88. The van der Waals surface area contributed by atoms with Gasteiger partial charge in [0.1, 0.15) is 0 Å². The number of rotatable bonds is 3. The molecule has 0 saturated heterocycles. The second-order valence-corrected chi connectivity index (χ2v) is 4.55. The standard InChI is InChI=1S/C16H14N2O/c1-18-15-10-6-5-9-13(15)14(17-18)11-16(19)12-7-3-2-4-8-12/h2-10H,11H2,1H3. The van der Waals surface area contributed by atoms with E-state index in [4.69, 9.17) is 0 Å². The van der Waals surface area contributed by atoms with Gasteiger partial charge in [0.15, 0.2) is 5.78 Å². The van der Waals surface area contributed by atoms with E-state index in [1.165, 1.54) is 0 Å². The Morgan fingerprint density at radius 2 is 1.74 bits per heavy atom. The van der Waals surface area contributed by atoms with Crippen LogP contribution >= 0.6 is 0 Å². The lowest BCUT2D eigenvalue weighted by molar-refractivity contribution is 0.0992. The van der Waals surface area contributed by atoms with Crippen molar-refractivity contribution in [2.75, 3.05) is 0 Å². The SMILES string of the molecule is Cn1nc(CC(=O)c2ccccc2)c2ccccc21. The molecule has 3 rings (SSSR count). The van der Waals surface area contributed by atoms with E-state index in [9.17, 15) is 4.79 Å². The van der Waals surface area contributed by atoms with Crippen LogP contribution in [0.1, 0.15) is 16.1 Å². The van der Waals surface area contributed by atoms with Gasteiger partial charge in [0, 0.05) is 18.0 Å². The Balaban J connectivity index is 1.96. The first kappa shape index (κ1) is 11.7. The molecule has 3 heteroatoms. The lowest BCUT2D eigenvalue weighted by atomic mass is 10.0. The number of Topliss-reactive ketones (excluding diaryl/α,β-unsaturated/α-hetero) is 1. The number of nitrogens with zero attached hydrogens (tertiary/aromatic N) is 2. The minimum Gasteiger partial charge on any atom is -0.294 e. The third-order valence-corrected chi connectivity index (χ3v) is 3.26. The fourth-order valence-corrected chi connectivity index (χ4v) is 2.30. The van der Waals surface area contributed by atoms with Gasteiger partial charge in [-0.1, -0.05) is 48.5 Å². The summed E-state index contributed by atoms with van der Waals surface area (Å²) < 4.78 is 1.82. The number of fused-ring (bicyclic) bond motifs is 1. The second-order valence-electron chi connectivity index (χ2n) is 4.55. The molecule has 0 aliphatic heterocycles. The van der Waals surface area contributed by atoms with Crippen molar-refractivity contribution in [3.63, 3.8) is 0 Å². The van der Waals surface area contributed by atoms with Crippen LogP contribution in [-0.2, 0) is 13.5 Å². The van der Waals surface area contributed by atoms with Crippen LogP contribution in [0.3, 0.4) is 0 Å². The highest BCUT2D eigenvalue weighted by Crippen LogP contribution is 2.19. The fourth-order valence-electron chi connectivity index (χ4n) is 2.30. The van der Waals surface area contributed by atoms with Crippen molar-refractivity contribution in [3.05, 3.63) is 65.9 Å². The van der Waals surface area contributed by atoms with Crippen LogP contribution in [0.2, 0.25) is 0 Å². The van der Waals surface area contributed by atoms with Gasteiger partial charge < -0.3 is 0 Å². The van der Waals surface area contributed by atoms with Crippen molar-refractivity contribution in [2.24, 2.45) is 7.05 Å². The molecule has 0 aliphatic rings. The van der Waals surface area contributed by atoms with E-state index < -0.39 is 0 Å². The molecule has 2 aromatic carbocycles. The number of carbonyl (C=O) groups excluding carboxylic acids is 1. The molecule has 1 aromatic heterocycles. The lowest BCUT2D eigenvalue weighted by Crippen LogP contribution is -2.04. The van der Waals surface area contributed by atoms with E-state index in [1.54, 1.807) is 0 Å². The zero-order valence-corrected chi connectivity index (χ0v) is 10.7. The molecule has 94 valence electrons. The lowest BCUT2D eigenvalue weighted by Gasteiger charge is -1.98. The monoisotopic (exact) mass is 250 g/mol. The van der Waals surface area contributed by atoms with Crippen LogP contribution in [0.5, 0.6) is 0 Å². The maximum Gasteiger partial charge on any atom is 0.168 e. The Morgan fingerprint density at radius 3 is 2.53 bits per heavy atom. The molecule has 19 heavy (non-hydrogen) atoms. The predicted molar refractivity (Wildman–Crippen MR) is 75.2 cm³/mol. The van der Waals surface area contributed by atoms with Gasteiger partial charge in [0.2, 0.25) is 0 Å². The number of aryl methyl sites for hydroxylation is 1. The summed E-state index contributed by atoms with van der Waals surface area (Å²) in [6, 6.07) is 17.3. The van der Waals surface area contributed by atoms with Gasteiger partial charge in [-0.25, -0.2) is 0 Å². The first-order valence-electron chi connectivity index (χ1n) is 6.24. The second kappa shape index (κ2) is 4.69. The quantitative estimate of drug-likeness (QED) is 0.670. The average molecular weight is 250 g/mol. The van der Waals surface area contributed by atoms with Crippen molar-refractivity contribution >= 4 is 16.7 Å². The van der Waals surface area contributed by atoms with Crippen molar-refractivity contribution in [1.29, 1.82) is 0 Å².